The van der Waals surface area contributed by atoms with E-state index in [2.05, 4.69) is 24.1 Å². The lowest BCUT2D eigenvalue weighted by Crippen LogP contribution is -2.40. The van der Waals surface area contributed by atoms with Gasteiger partial charge in [-0.15, -0.1) is 0 Å². The Hall–Kier alpha value is -0.570. The number of hydrogen-bond donors (Lipinski definition) is 1. The van der Waals surface area contributed by atoms with E-state index in [1.807, 2.05) is 7.05 Å². The van der Waals surface area contributed by atoms with Crippen molar-refractivity contribution in [3.63, 3.8) is 0 Å². The number of nitrogens with zero attached hydrogens (tertiary/aromatic N) is 1. The van der Waals surface area contributed by atoms with E-state index in [0.717, 1.165) is 25.9 Å². The first-order valence-electron chi connectivity index (χ1n) is 6.50. The Morgan fingerprint density at radius 1 is 1.38 bits per heavy atom. The van der Waals surface area contributed by atoms with Crippen LogP contribution in [0.25, 0.3) is 0 Å². The van der Waals surface area contributed by atoms with Crippen molar-refractivity contribution >= 4 is 5.91 Å². The molecule has 1 N–H and O–H groups in total. The number of carbonyl (C=O) groups excluding carboxylic acids is 1. The Labute approximate surface area is 98.6 Å². The molecule has 0 bridgehead atoms. The lowest BCUT2D eigenvalue weighted by molar-refractivity contribution is -0.137. The fourth-order valence-electron chi connectivity index (χ4n) is 3.20. The van der Waals surface area contributed by atoms with Crippen LogP contribution in [0.15, 0.2) is 0 Å². The van der Waals surface area contributed by atoms with Crippen LogP contribution in [-0.2, 0) is 4.79 Å². The van der Waals surface area contributed by atoms with Gasteiger partial charge in [0.15, 0.2) is 0 Å². The Morgan fingerprint density at radius 3 is 2.62 bits per heavy atom. The molecule has 0 aromatic heterocycles. The summed E-state index contributed by atoms with van der Waals surface area (Å²) < 4.78 is 0. The van der Waals surface area contributed by atoms with E-state index in [1.165, 1.54) is 12.8 Å². The smallest absolute Gasteiger partial charge is 0.226 e. The molecular weight excluding hydrogens is 200 g/mol. The van der Waals surface area contributed by atoms with E-state index in [0.29, 0.717) is 11.9 Å². The quantitative estimate of drug-likeness (QED) is 0.773. The van der Waals surface area contributed by atoms with Gasteiger partial charge in [-0.25, -0.2) is 0 Å². The van der Waals surface area contributed by atoms with Crippen LogP contribution in [0.2, 0.25) is 0 Å². The first kappa shape index (κ1) is 11.9. The van der Waals surface area contributed by atoms with Gasteiger partial charge >= 0.3 is 0 Å². The van der Waals surface area contributed by atoms with Gasteiger partial charge in [0.05, 0.1) is 0 Å². The zero-order valence-electron chi connectivity index (χ0n) is 10.8. The van der Waals surface area contributed by atoms with Gasteiger partial charge in [0, 0.05) is 25.0 Å². The summed E-state index contributed by atoms with van der Waals surface area (Å²) in [6.45, 7) is 6.33. The van der Waals surface area contributed by atoms with Gasteiger partial charge in [0.2, 0.25) is 5.91 Å². The van der Waals surface area contributed by atoms with Gasteiger partial charge in [0.1, 0.15) is 0 Å². The summed E-state index contributed by atoms with van der Waals surface area (Å²) in [4.78, 5) is 14.5. The Kier molecular flexibility index (Phi) is 3.24. The van der Waals surface area contributed by atoms with Crippen LogP contribution in [0.1, 0.15) is 39.5 Å². The number of hydrogen-bond acceptors (Lipinski definition) is 2. The minimum absolute atomic E-state index is 0.217. The van der Waals surface area contributed by atoms with E-state index in [-0.39, 0.29) is 11.3 Å². The van der Waals surface area contributed by atoms with Crippen LogP contribution in [-0.4, -0.2) is 37.0 Å². The molecule has 3 nitrogen and oxygen atoms in total. The average molecular weight is 224 g/mol. The van der Waals surface area contributed by atoms with E-state index in [9.17, 15) is 4.79 Å². The van der Waals surface area contributed by atoms with Gasteiger partial charge in [-0.3, -0.25) is 4.79 Å². The lowest BCUT2D eigenvalue weighted by Gasteiger charge is -2.30. The third kappa shape index (κ3) is 2.10. The molecule has 1 aliphatic heterocycles. The topological polar surface area (TPSA) is 32.3 Å². The normalized spacial score (nSPS) is 33.3. The second kappa shape index (κ2) is 4.36. The summed E-state index contributed by atoms with van der Waals surface area (Å²) in [5.74, 6) is 0.670. The largest absolute Gasteiger partial charge is 0.341 e. The highest BCUT2D eigenvalue weighted by atomic mass is 16.2. The lowest BCUT2D eigenvalue weighted by atomic mass is 9.81. The van der Waals surface area contributed by atoms with Gasteiger partial charge in [-0.1, -0.05) is 20.3 Å². The minimum Gasteiger partial charge on any atom is -0.341 e. The first-order chi connectivity index (χ1) is 7.54. The van der Waals surface area contributed by atoms with Crippen LogP contribution < -0.4 is 5.32 Å². The third-order valence-electron chi connectivity index (χ3n) is 4.46. The van der Waals surface area contributed by atoms with Gasteiger partial charge in [-0.2, -0.15) is 0 Å². The predicted octanol–water partition coefficient (Wildman–Crippen LogP) is 1.63. The highest BCUT2D eigenvalue weighted by Crippen LogP contribution is 2.43. The highest BCUT2D eigenvalue weighted by molar-refractivity contribution is 5.80. The SMILES string of the molecule is CNC1CCN(C(=O)C2CCCC2(C)C)C1. The fourth-order valence-corrected chi connectivity index (χ4v) is 3.20. The summed E-state index contributed by atoms with van der Waals surface area (Å²) in [5.41, 5.74) is 0.217. The number of amides is 1. The van der Waals surface area contributed by atoms with Crippen molar-refractivity contribution in [2.24, 2.45) is 11.3 Å². The zero-order valence-corrected chi connectivity index (χ0v) is 10.8. The molecule has 2 unspecified atom stereocenters. The number of likely N-dealkylation sites (N-methyl/N-ethyl adjacent to an activating group) is 1. The van der Waals surface area contributed by atoms with Crippen molar-refractivity contribution in [2.45, 2.75) is 45.6 Å². The van der Waals surface area contributed by atoms with Crippen molar-refractivity contribution in [3.05, 3.63) is 0 Å². The average Bonchev–Trinajstić information content (AvgIpc) is 2.82. The van der Waals surface area contributed by atoms with Crippen LogP contribution in [0, 0.1) is 11.3 Å². The van der Waals surface area contributed by atoms with Gasteiger partial charge in [0.25, 0.3) is 0 Å². The molecule has 2 atom stereocenters. The number of likely N-dealkylation sites (tertiary alicyclic amines) is 1. The Morgan fingerprint density at radius 2 is 2.12 bits per heavy atom. The van der Waals surface area contributed by atoms with Crippen molar-refractivity contribution in [1.82, 2.24) is 10.2 Å². The van der Waals surface area contributed by atoms with Gasteiger partial charge < -0.3 is 10.2 Å². The third-order valence-corrected chi connectivity index (χ3v) is 4.46. The van der Waals surface area contributed by atoms with Crippen molar-refractivity contribution in [2.75, 3.05) is 20.1 Å². The number of nitrogens with one attached hydrogen (secondary N) is 1. The summed E-state index contributed by atoms with van der Waals surface area (Å²) in [5, 5.41) is 3.27. The molecule has 0 radical (unpaired) electrons. The fraction of sp³-hybridized carbons (Fsp3) is 0.923. The molecule has 1 saturated heterocycles. The first-order valence-corrected chi connectivity index (χ1v) is 6.50. The molecule has 92 valence electrons. The second-order valence-electron chi connectivity index (χ2n) is 5.99. The van der Waals surface area contributed by atoms with E-state index in [1.54, 1.807) is 0 Å². The minimum atomic E-state index is 0.217. The molecule has 0 aromatic rings. The molecule has 1 saturated carbocycles. The maximum absolute atomic E-state index is 12.4. The molecule has 3 heteroatoms. The standard InChI is InChI=1S/C13H24N2O/c1-13(2)7-4-5-11(13)12(16)15-8-6-10(9-15)14-3/h10-11,14H,4-9H2,1-3H3. The highest BCUT2D eigenvalue weighted by Gasteiger charge is 2.42. The van der Waals surface area contributed by atoms with E-state index in [4.69, 9.17) is 0 Å². The molecule has 2 fully saturated rings. The van der Waals surface area contributed by atoms with Crippen LogP contribution in [0.3, 0.4) is 0 Å². The summed E-state index contributed by atoms with van der Waals surface area (Å²) >= 11 is 0. The Bertz CT molecular complexity index is 275. The zero-order chi connectivity index (χ0) is 11.8. The van der Waals surface area contributed by atoms with Crippen LogP contribution in [0.4, 0.5) is 0 Å². The van der Waals surface area contributed by atoms with E-state index < -0.39 is 0 Å². The van der Waals surface area contributed by atoms with Crippen LogP contribution >= 0.6 is 0 Å². The molecule has 16 heavy (non-hydrogen) atoms. The summed E-state index contributed by atoms with van der Waals surface area (Å²) in [7, 11) is 1.98. The molecular formula is C13H24N2O. The maximum atomic E-state index is 12.4. The summed E-state index contributed by atoms with van der Waals surface area (Å²) in [6, 6.07) is 0.508. The number of carbonyl (C=O) groups is 1. The molecule has 1 aliphatic carbocycles. The van der Waals surface area contributed by atoms with Crippen molar-refractivity contribution in [1.29, 1.82) is 0 Å². The molecule has 0 spiro atoms. The number of rotatable bonds is 2. The predicted molar refractivity (Wildman–Crippen MR) is 65.2 cm³/mol. The molecule has 1 heterocycles. The van der Waals surface area contributed by atoms with Gasteiger partial charge in [-0.05, 0) is 31.7 Å². The van der Waals surface area contributed by atoms with E-state index >= 15 is 0 Å². The summed E-state index contributed by atoms with van der Waals surface area (Å²) in [6.07, 6.45) is 4.61. The molecule has 1 amide bonds. The Balaban J connectivity index is 1.98. The monoisotopic (exact) mass is 224 g/mol. The van der Waals surface area contributed by atoms with Crippen LogP contribution in [0.5, 0.6) is 0 Å². The maximum Gasteiger partial charge on any atom is 0.226 e. The molecule has 2 aliphatic rings. The molecule has 2 rings (SSSR count). The van der Waals surface area contributed by atoms with Crippen molar-refractivity contribution < 1.29 is 4.79 Å². The molecule has 0 aromatic carbocycles. The second-order valence-corrected chi connectivity index (χ2v) is 5.99. The van der Waals surface area contributed by atoms with Crippen molar-refractivity contribution in [3.8, 4) is 0 Å².